The van der Waals surface area contributed by atoms with Crippen LogP contribution in [0.1, 0.15) is 22.3 Å². The Hall–Kier alpha value is -2.55. The molecule has 1 aliphatic rings. The van der Waals surface area contributed by atoms with Gasteiger partial charge in [-0.05, 0) is 43.3 Å². The zero-order chi connectivity index (χ0) is 21.8. The molecule has 0 spiro atoms. The van der Waals surface area contributed by atoms with E-state index in [9.17, 15) is 14.4 Å². The first kappa shape index (κ1) is 22.1. The van der Waals surface area contributed by atoms with E-state index in [1.54, 1.807) is 42.5 Å². The molecule has 0 bridgehead atoms. The number of benzene rings is 2. The molecule has 1 aliphatic heterocycles. The van der Waals surface area contributed by atoms with E-state index < -0.39 is 18.2 Å². The average Bonchev–Trinajstić information content (AvgIpc) is 3.03. The number of anilines is 1. The first-order valence-electron chi connectivity index (χ1n) is 9.41. The molecule has 1 heterocycles. The minimum Gasteiger partial charge on any atom is -0.354 e. The molecule has 2 aromatic carbocycles. The van der Waals surface area contributed by atoms with Crippen LogP contribution in [0.4, 0.5) is 5.69 Å². The molecule has 0 N–H and O–H groups in total. The van der Waals surface area contributed by atoms with Gasteiger partial charge in [-0.25, -0.2) is 4.90 Å². The molecule has 1 fully saturated rings. The molecule has 158 valence electrons. The van der Waals surface area contributed by atoms with Crippen LogP contribution in [0.5, 0.6) is 0 Å². The maximum atomic E-state index is 13.3. The lowest BCUT2D eigenvalue weighted by molar-refractivity contribution is -0.128. The van der Waals surface area contributed by atoms with Crippen LogP contribution in [0.25, 0.3) is 0 Å². The molecular formula is C22H23BrN2O5. The molecule has 30 heavy (non-hydrogen) atoms. The molecule has 1 atom stereocenters. The summed E-state index contributed by atoms with van der Waals surface area (Å²) in [6.07, 6.45) is -0.838. The maximum absolute atomic E-state index is 13.3. The van der Waals surface area contributed by atoms with E-state index in [1.807, 2.05) is 13.0 Å². The van der Waals surface area contributed by atoms with Crippen LogP contribution in [0.2, 0.25) is 0 Å². The van der Waals surface area contributed by atoms with Crippen LogP contribution >= 0.6 is 15.9 Å². The number of aryl methyl sites for hydroxylation is 1. The smallest absolute Gasteiger partial charge is 0.257 e. The van der Waals surface area contributed by atoms with Crippen molar-refractivity contribution >= 4 is 39.3 Å². The predicted octanol–water partition coefficient (Wildman–Crippen LogP) is 3.15. The van der Waals surface area contributed by atoms with Crippen molar-refractivity contribution < 1.29 is 23.9 Å². The van der Waals surface area contributed by atoms with Crippen molar-refractivity contribution in [1.82, 2.24) is 4.90 Å². The lowest BCUT2D eigenvalue weighted by Crippen LogP contribution is -2.49. The summed E-state index contributed by atoms with van der Waals surface area (Å²) < 4.78 is 11.3. The van der Waals surface area contributed by atoms with Gasteiger partial charge in [0.1, 0.15) is 6.04 Å². The number of carbonyl (C=O) groups is 3. The van der Waals surface area contributed by atoms with E-state index in [2.05, 4.69) is 15.9 Å². The highest BCUT2D eigenvalue weighted by atomic mass is 79.9. The Balaban J connectivity index is 1.94. The fourth-order valence-electron chi connectivity index (χ4n) is 3.42. The summed E-state index contributed by atoms with van der Waals surface area (Å²) in [6, 6.07) is 13.0. The summed E-state index contributed by atoms with van der Waals surface area (Å²) >= 11 is 3.34. The number of hydrogen-bond donors (Lipinski definition) is 0. The highest BCUT2D eigenvalue weighted by molar-refractivity contribution is 9.10. The molecule has 2 aromatic rings. The van der Waals surface area contributed by atoms with Crippen molar-refractivity contribution in [2.75, 3.05) is 25.7 Å². The molecule has 0 saturated carbocycles. The third kappa shape index (κ3) is 4.61. The number of hydrogen-bond acceptors (Lipinski definition) is 5. The molecule has 3 amide bonds. The number of ether oxygens (including phenoxy) is 2. The Bertz CT molecular complexity index is 943. The molecule has 0 aromatic heterocycles. The van der Waals surface area contributed by atoms with E-state index in [-0.39, 0.29) is 24.8 Å². The van der Waals surface area contributed by atoms with Gasteiger partial charge in [0.05, 0.1) is 18.7 Å². The minimum absolute atomic E-state index is 0.0115. The second-order valence-electron chi connectivity index (χ2n) is 6.99. The molecule has 1 unspecified atom stereocenters. The first-order valence-corrected chi connectivity index (χ1v) is 10.2. The first-order chi connectivity index (χ1) is 14.3. The van der Waals surface area contributed by atoms with Gasteiger partial charge in [-0.3, -0.25) is 14.4 Å². The normalized spacial score (nSPS) is 16.4. The highest BCUT2D eigenvalue weighted by Gasteiger charge is 2.45. The maximum Gasteiger partial charge on any atom is 0.257 e. The number of rotatable bonds is 7. The van der Waals surface area contributed by atoms with Gasteiger partial charge < -0.3 is 14.4 Å². The Morgan fingerprint density at radius 3 is 2.43 bits per heavy atom. The van der Waals surface area contributed by atoms with E-state index >= 15 is 0 Å². The molecular weight excluding hydrogens is 452 g/mol. The van der Waals surface area contributed by atoms with Crippen LogP contribution in [0.3, 0.4) is 0 Å². The van der Waals surface area contributed by atoms with Gasteiger partial charge in [0.15, 0.2) is 6.29 Å². The molecule has 3 rings (SSSR count). The highest BCUT2D eigenvalue weighted by Crippen LogP contribution is 2.28. The van der Waals surface area contributed by atoms with Crippen molar-refractivity contribution in [2.45, 2.75) is 25.7 Å². The molecule has 1 saturated heterocycles. The van der Waals surface area contributed by atoms with Crippen LogP contribution in [-0.4, -0.2) is 55.7 Å². The Labute approximate surface area is 183 Å². The van der Waals surface area contributed by atoms with Gasteiger partial charge in [-0.2, -0.15) is 0 Å². The Kier molecular flexibility index (Phi) is 7.02. The van der Waals surface area contributed by atoms with E-state index in [0.29, 0.717) is 11.3 Å². The fraction of sp³-hybridized carbons (Fsp3) is 0.318. The Morgan fingerprint density at radius 1 is 1.17 bits per heavy atom. The fourth-order valence-corrected chi connectivity index (χ4v) is 3.69. The SMILES string of the molecule is COC(CN(C(=O)c1cccc(C)c1)C1CC(=O)N(c2ccc(Br)cc2)C1=O)OC. The van der Waals surface area contributed by atoms with E-state index in [4.69, 9.17) is 9.47 Å². The van der Waals surface area contributed by atoms with Crippen LogP contribution in [-0.2, 0) is 19.1 Å². The van der Waals surface area contributed by atoms with Crippen LogP contribution in [0, 0.1) is 6.92 Å². The predicted molar refractivity (Wildman–Crippen MR) is 115 cm³/mol. The summed E-state index contributed by atoms with van der Waals surface area (Å²) in [5.41, 5.74) is 1.82. The van der Waals surface area contributed by atoms with Crippen molar-refractivity contribution in [3.05, 3.63) is 64.1 Å². The molecule has 0 radical (unpaired) electrons. The summed E-state index contributed by atoms with van der Waals surface area (Å²) in [5.74, 6) is -1.17. The Morgan fingerprint density at radius 2 is 1.83 bits per heavy atom. The second kappa shape index (κ2) is 9.51. The standard InChI is InChI=1S/C22H23BrN2O5/c1-14-5-4-6-15(11-14)21(27)24(13-20(29-2)30-3)18-12-19(26)25(22(18)28)17-9-7-16(23)8-10-17/h4-11,18,20H,12-13H2,1-3H3. The monoisotopic (exact) mass is 474 g/mol. The lowest BCUT2D eigenvalue weighted by Gasteiger charge is -2.30. The second-order valence-corrected chi connectivity index (χ2v) is 7.91. The number of imide groups is 1. The minimum atomic E-state index is -0.943. The van der Waals surface area contributed by atoms with Gasteiger partial charge in [-0.1, -0.05) is 33.6 Å². The number of methoxy groups -OCH3 is 2. The zero-order valence-electron chi connectivity index (χ0n) is 17.0. The lowest BCUT2D eigenvalue weighted by atomic mass is 10.1. The van der Waals surface area contributed by atoms with Gasteiger partial charge in [-0.15, -0.1) is 0 Å². The quantitative estimate of drug-likeness (QED) is 0.455. The largest absolute Gasteiger partial charge is 0.354 e. The number of halogens is 1. The van der Waals surface area contributed by atoms with E-state index in [1.165, 1.54) is 19.1 Å². The molecule has 7 nitrogen and oxygen atoms in total. The third-order valence-corrected chi connectivity index (χ3v) is 5.51. The van der Waals surface area contributed by atoms with E-state index in [0.717, 1.165) is 14.9 Å². The van der Waals surface area contributed by atoms with Crippen molar-refractivity contribution in [1.29, 1.82) is 0 Å². The van der Waals surface area contributed by atoms with Gasteiger partial charge in [0, 0.05) is 24.3 Å². The summed E-state index contributed by atoms with van der Waals surface area (Å²) in [7, 11) is 2.92. The number of nitrogens with zero attached hydrogens (tertiary/aromatic N) is 2. The van der Waals surface area contributed by atoms with Gasteiger partial charge in [0.2, 0.25) is 5.91 Å². The van der Waals surface area contributed by atoms with Gasteiger partial charge in [0.25, 0.3) is 11.8 Å². The van der Waals surface area contributed by atoms with Crippen LogP contribution < -0.4 is 4.90 Å². The zero-order valence-corrected chi connectivity index (χ0v) is 18.6. The van der Waals surface area contributed by atoms with Crippen molar-refractivity contribution in [3.8, 4) is 0 Å². The number of carbonyl (C=O) groups excluding carboxylic acids is 3. The summed E-state index contributed by atoms with van der Waals surface area (Å²) in [4.78, 5) is 41.7. The summed E-state index contributed by atoms with van der Waals surface area (Å²) in [6.45, 7) is 1.89. The van der Waals surface area contributed by atoms with Crippen molar-refractivity contribution in [2.24, 2.45) is 0 Å². The van der Waals surface area contributed by atoms with Crippen molar-refractivity contribution in [3.63, 3.8) is 0 Å². The van der Waals surface area contributed by atoms with Gasteiger partial charge >= 0.3 is 0 Å². The van der Waals surface area contributed by atoms with Crippen LogP contribution in [0.15, 0.2) is 53.0 Å². The summed E-state index contributed by atoms with van der Waals surface area (Å²) in [5, 5.41) is 0. The average molecular weight is 475 g/mol. The molecule has 8 heteroatoms. The molecule has 0 aliphatic carbocycles. The topological polar surface area (TPSA) is 76.2 Å². The third-order valence-electron chi connectivity index (χ3n) is 4.98. The number of amides is 3.